The Morgan fingerprint density at radius 3 is 2.20 bits per heavy atom. The van der Waals surface area contributed by atoms with Crippen molar-refractivity contribution in [1.29, 1.82) is 0 Å². The van der Waals surface area contributed by atoms with Crippen molar-refractivity contribution in [2.24, 2.45) is 0 Å². The number of hydrogen-bond donors (Lipinski definition) is 2. The molecular formula is C22H32N3+3. The predicted molar refractivity (Wildman–Crippen MR) is 99.5 cm³/mol. The number of benzene rings is 1. The molecule has 0 bridgehead atoms. The van der Waals surface area contributed by atoms with Gasteiger partial charge in [-0.25, -0.2) is 4.98 Å². The average Bonchev–Trinajstić information content (AvgIpc) is 2.70. The van der Waals surface area contributed by atoms with E-state index in [1.807, 2.05) is 11.1 Å². The second-order valence-electron chi connectivity index (χ2n) is 7.93. The molecule has 0 atom stereocenters. The minimum atomic E-state index is 0.803. The van der Waals surface area contributed by atoms with Crippen molar-refractivity contribution in [2.75, 3.05) is 26.2 Å². The van der Waals surface area contributed by atoms with Gasteiger partial charge in [0, 0.05) is 12.1 Å². The highest BCUT2D eigenvalue weighted by molar-refractivity contribution is 5.19. The second kappa shape index (κ2) is 8.11. The van der Waals surface area contributed by atoms with Gasteiger partial charge in [0.1, 0.15) is 26.2 Å². The number of rotatable bonds is 4. The molecule has 1 aromatic heterocycles. The van der Waals surface area contributed by atoms with Crippen LogP contribution in [0, 0.1) is 0 Å². The Morgan fingerprint density at radius 2 is 1.52 bits per heavy atom. The van der Waals surface area contributed by atoms with Gasteiger partial charge in [0.05, 0.1) is 6.04 Å². The lowest BCUT2D eigenvalue weighted by atomic mass is 9.81. The van der Waals surface area contributed by atoms with Gasteiger partial charge in [-0.3, -0.25) is 0 Å². The Bertz CT molecular complexity index is 627. The Morgan fingerprint density at radius 1 is 0.800 bits per heavy atom. The lowest BCUT2D eigenvalue weighted by Gasteiger charge is -2.37. The summed E-state index contributed by atoms with van der Waals surface area (Å²) in [6, 6.07) is 18.5. The molecule has 2 fully saturated rings. The molecule has 4 rings (SSSR count). The molecule has 3 nitrogen and oxygen atoms in total. The van der Waals surface area contributed by atoms with Crippen LogP contribution in [0.5, 0.6) is 0 Å². The van der Waals surface area contributed by atoms with E-state index in [-0.39, 0.29) is 0 Å². The summed E-state index contributed by atoms with van der Waals surface area (Å²) in [7, 11) is 0. The number of aromatic nitrogens is 1. The van der Waals surface area contributed by atoms with Gasteiger partial charge in [-0.2, -0.15) is 0 Å². The van der Waals surface area contributed by atoms with Gasteiger partial charge in [-0.05, 0) is 43.2 Å². The van der Waals surface area contributed by atoms with Gasteiger partial charge in [-0.1, -0.05) is 30.3 Å². The van der Waals surface area contributed by atoms with Crippen molar-refractivity contribution >= 4 is 0 Å². The van der Waals surface area contributed by atoms with Crippen LogP contribution in [0.25, 0.3) is 0 Å². The highest BCUT2D eigenvalue weighted by Gasteiger charge is 2.33. The van der Waals surface area contributed by atoms with Crippen molar-refractivity contribution in [3.05, 3.63) is 66.0 Å². The highest BCUT2D eigenvalue weighted by atomic mass is 15.3. The number of H-pyrrole nitrogens is 1. The average molecular weight is 339 g/mol. The Kier molecular flexibility index (Phi) is 5.43. The SMILES string of the molecule is c1ccc(C2CCC([NH+]3CC[NH+](Cc4cccc[nH+]4)CC3)CC2)cc1. The molecule has 1 saturated heterocycles. The quantitative estimate of drug-likeness (QED) is 0.812. The van der Waals surface area contributed by atoms with E-state index in [1.54, 1.807) is 10.5 Å². The molecule has 1 aromatic carbocycles. The lowest BCUT2D eigenvalue weighted by molar-refractivity contribution is -1.03. The first kappa shape index (κ1) is 16.7. The fraction of sp³-hybridized carbons (Fsp3) is 0.500. The highest BCUT2D eigenvalue weighted by Crippen LogP contribution is 2.31. The van der Waals surface area contributed by atoms with Crippen LogP contribution in [0.15, 0.2) is 54.7 Å². The summed E-state index contributed by atoms with van der Waals surface area (Å²) < 4.78 is 0. The van der Waals surface area contributed by atoms with Crippen LogP contribution in [0.2, 0.25) is 0 Å². The molecule has 2 heterocycles. The van der Waals surface area contributed by atoms with Crippen molar-refractivity contribution in [3.8, 4) is 0 Å². The van der Waals surface area contributed by atoms with E-state index in [4.69, 9.17) is 0 Å². The standard InChI is InChI=1S/C22H29N3/c1-2-6-19(7-3-1)20-9-11-22(12-10-20)25-16-14-24(15-17-25)18-21-8-4-5-13-23-21/h1-8,13,20,22H,9-12,14-18H2/p+3. The predicted octanol–water partition coefficient (Wildman–Crippen LogP) is 0.511. The first-order chi connectivity index (χ1) is 12.4. The van der Waals surface area contributed by atoms with Gasteiger partial charge in [0.25, 0.3) is 0 Å². The molecule has 0 unspecified atom stereocenters. The van der Waals surface area contributed by atoms with Gasteiger partial charge >= 0.3 is 0 Å². The molecule has 1 aliphatic carbocycles. The van der Waals surface area contributed by atoms with Gasteiger partial charge < -0.3 is 9.80 Å². The smallest absolute Gasteiger partial charge is 0.234 e. The van der Waals surface area contributed by atoms with Crippen LogP contribution in [-0.4, -0.2) is 32.2 Å². The van der Waals surface area contributed by atoms with E-state index in [0.717, 1.165) is 18.5 Å². The van der Waals surface area contributed by atoms with Crippen LogP contribution >= 0.6 is 0 Å². The maximum atomic E-state index is 3.38. The van der Waals surface area contributed by atoms with E-state index in [9.17, 15) is 0 Å². The second-order valence-corrected chi connectivity index (χ2v) is 7.93. The minimum absolute atomic E-state index is 0.803. The van der Waals surface area contributed by atoms with Crippen molar-refractivity contribution < 1.29 is 14.8 Å². The van der Waals surface area contributed by atoms with Crippen LogP contribution in [0.4, 0.5) is 0 Å². The van der Waals surface area contributed by atoms with Crippen LogP contribution in [-0.2, 0) is 6.54 Å². The summed E-state index contributed by atoms with van der Waals surface area (Å²) in [6.07, 6.45) is 7.64. The number of piperazine rings is 1. The van der Waals surface area contributed by atoms with Crippen LogP contribution in [0.3, 0.4) is 0 Å². The van der Waals surface area contributed by atoms with E-state index >= 15 is 0 Å². The summed E-state index contributed by atoms with van der Waals surface area (Å²) in [5.74, 6) is 0.803. The normalized spacial score (nSPS) is 30.1. The third-order valence-electron chi connectivity index (χ3n) is 6.39. The third kappa shape index (κ3) is 4.28. The Balaban J connectivity index is 1.24. The number of nitrogens with one attached hydrogen (secondary N) is 3. The molecule has 0 amide bonds. The number of pyridine rings is 1. The maximum absolute atomic E-state index is 3.38. The number of aromatic amines is 1. The lowest BCUT2D eigenvalue weighted by Crippen LogP contribution is -3.29. The summed E-state index contributed by atoms with van der Waals surface area (Å²) in [5.41, 5.74) is 2.92. The zero-order chi connectivity index (χ0) is 16.9. The summed E-state index contributed by atoms with van der Waals surface area (Å²) in [6.45, 7) is 6.48. The largest absolute Gasteiger partial charge is 0.323 e. The monoisotopic (exact) mass is 338 g/mol. The van der Waals surface area contributed by atoms with Crippen molar-refractivity contribution in [3.63, 3.8) is 0 Å². The summed E-state index contributed by atoms with van der Waals surface area (Å²) in [5, 5.41) is 0. The Labute approximate surface area is 151 Å². The molecule has 3 heteroatoms. The van der Waals surface area contributed by atoms with Crippen LogP contribution < -0.4 is 14.8 Å². The molecule has 1 saturated carbocycles. The molecule has 3 N–H and O–H groups in total. The molecule has 1 aliphatic heterocycles. The van der Waals surface area contributed by atoms with E-state index in [2.05, 4.69) is 53.5 Å². The molecule has 25 heavy (non-hydrogen) atoms. The first-order valence-electron chi connectivity index (χ1n) is 10.1. The van der Waals surface area contributed by atoms with E-state index < -0.39 is 0 Å². The van der Waals surface area contributed by atoms with Gasteiger partial charge in [-0.15, -0.1) is 0 Å². The van der Waals surface area contributed by atoms with E-state index in [1.165, 1.54) is 57.6 Å². The number of hydrogen-bond acceptors (Lipinski definition) is 0. The van der Waals surface area contributed by atoms with Crippen molar-refractivity contribution in [1.82, 2.24) is 0 Å². The fourth-order valence-corrected chi connectivity index (χ4v) is 4.88. The van der Waals surface area contributed by atoms with Crippen LogP contribution in [0.1, 0.15) is 42.9 Å². The molecule has 132 valence electrons. The zero-order valence-corrected chi connectivity index (χ0v) is 15.2. The van der Waals surface area contributed by atoms with Gasteiger partial charge in [0.15, 0.2) is 12.7 Å². The molecular weight excluding hydrogens is 306 g/mol. The van der Waals surface area contributed by atoms with E-state index in [0.29, 0.717) is 0 Å². The summed E-state index contributed by atoms with van der Waals surface area (Å²) in [4.78, 5) is 7.00. The van der Waals surface area contributed by atoms with Gasteiger partial charge in [0.2, 0.25) is 5.69 Å². The third-order valence-corrected chi connectivity index (χ3v) is 6.39. The minimum Gasteiger partial charge on any atom is -0.323 e. The molecule has 0 spiro atoms. The van der Waals surface area contributed by atoms with Crippen molar-refractivity contribution in [2.45, 2.75) is 44.2 Å². The maximum Gasteiger partial charge on any atom is 0.234 e. The molecule has 2 aliphatic rings. The molecule has 2 aromatic rings. The fourth-order valence-electron chi connectivity index (χ4n) is 4.88. The molecule has 0 radical (unpaired) electrons. The summed E-state index contributed by atoms with van der Waals surface area (Å²) >= 11 is 0. The Hall–Kier alpha value is -1.71. The first-order valence-corrected chi connectivity index (χ1v) is 10.1. The number of quaternary nitrogens is 2. The zero-order valence-electron chi connectivity index (χ0n) is 15.2. The topological polar surface area (TPSA) is 23.0 Å².